The van der Waals surface area contributed by atoms with Crippen molar-refractivity contribution in [2.45, 2.75) is 76.8 Å². The summed E-state index contributed by atoms with van der Waals surface area (Å²) in [7, 11) is 0. The molecule has 2 amide bonds. The number of alkyl halides is 2. The van der Waals surface area contributed by atoms with E-state index in [1.165, 1.54) is 0 Å². The zero-order valence-corrected chi connectivity index (χ0v) is 21.9. The molecule has 1 aliphatic heterocycles. The van der Waals surface area contributed by atoms with E-state index in [0.717, 1.165) is 50.0 Å². The van der Waals surface area contributed by atoms with Crippen LogP contribution < -0.4 is 10.6 Å². The molecule has 1 heterocycles. The van der Waals surface area contributed by atoms with Gasteiger partial charge >= 0.3 is 0 Å². The molecule has 8 heteroatoms. The first-order chi connectivity index (χ1) is 17.8. The van der Waals surface area contributed by atoms with Crippen molar-refractivity contribution in [3.05, 3.63) is 70.7 Å². The number of amides is 2. The molecular formula is C30H40ClF2N3O2. The summed E-state index contributed by atoms with van der Waals surface area (Å²) in [5, 5.41) is 6.96. The number of piperidine rings is 1. The van der Waals surface area contributed by atoms with Gasteiger partial charge in [-0.05, 0) is 55.4 Å². The first kappa shape index (κ1) is 30.0. The fourth-order valence-electron chi connectivity index (χ4n) is 5.28. The second kappa shape index (κ2) is 14.0. The Morgan fingerprint density at radius 3 is 2.24 bits per heavy atom. The maximum atomic E-state index is 13.5. The SMILES string of the molecule is C.O=C(Cc1ccc(Cl)cc1)NC1CCN(CC[C@H](NC(=O)C2CCC(F)(F)CC2)c2ccccc2)CC1. The van der Waals surface area contributed by atoms with Crippen molar-refractivity contribution in [1.29, 1.82) is 0 Å². The van der Waals surface area contributed by atoms with Crippen LogP contribution in [0.5, 0.6) is 0 Å². The minimum atomic E-state index is -2.64. The normalized spacial score (nSPS) is 19.2. The number of carbonyl (C=O) groups is 2. The Balaban J connectivity index is 0.00000400. The van der Waals surface area contributed by atoms with Gasteiger partial charge in [-0.1, -0.05) is 61.5 Å². The number of benzene rings is 2. The van der Waals surface area contributed by atoms with Gasteiger partial charge in [0.25, 0.3) is 0 Å². The molecule has 38 heavy (non-hydrogen) atoms. The fraction of sp³-hybridized carbons (Fsp3) is 0.533. The Bertz CT molecular complexity index is 1020. The van der Waals surface area contributed by atoms with E-state index in [0.29, 0.717) is 11.4 Å². The van der Waals surface area contributed by atoms with Crippen LogP contribution in [0.4, 0.5) is 8.78 Å². The van der Waals surface area contributed by atoms with E-state index < -0.39 is 5.92 Å². The lowest BCUT2D eigenvalue weighted by molar-refractivity contribution is -0.130. The lowest BCUT2D eigenvalue weighted by atomic mass is 9.86. The number of hydrogen-bond donors (Lipinski definition) is 2. The van der Waals surface area contributed by atoms with E-state index in [2.05, 4.69) is 15.5 Å². The fourth-order valence-corrected chi connectivity index (χ4v) is 5.40. The van der Waals surface area contributed by atoms with Crippen molar-refractivity contribution < 1.29 is 18.4 Å². The summed E-state index contributed by atoms with van der Waals surface area (Å²) in [4.78, 5) is 27.7. The number of nitrogens with zero attached hydrogens (tertiary/aromatic N) is 1. The average Bonchev–Trinajstić information content (AvgIpc) is 2.89. The molecule has 2 aromatic rings. The van der Waals surface area contributed by atoms with Crippen LogP contribution in [0, 0.1) is 5.92 Å². The Morgan fingerprint density at radius 2 is 1.61 bits per heavy atom. The monoisotopic (exact) mass is 547 g/mol. The molecule has 0 bridgehead atoms. The number of hydrogen-bond acceptors (Lipinski definition) is 3. The summed E-state index contributed by atoms with van der Waals surface area (Å²) in [5.41, 5.74) is 1.97. The zero-order valence-electron chi connectivity index (χ0n) is 21.1. The minimum absolute atomic E-state index is 0. The smallest absolute Gasteiger partial charge is 0.248 e. The van der Waals surface area contributed by atoms with Crippen LogP contribution in [0.2, 0.25) is 5.02 Å². The average molecular weight is 548 g/mol. The van der Waals surface area contributed by atoms with Gasteiger partial charge in [0, 0.05) is 49.5 Å². The van der Waals surface area contributed by atoms with Crippen molar-refractivity contribution in [1.82, 2.24) is 15.5 Å². The van der Waals surface area contributed by atoms with Gasteiger partial charge in [0.15, 0.2) is 0 Å². The number of likely N-dealkylation sites (tertiary alicyclic amines) is 1. The molecule has 1 aliphatic carbocycles. The van der Waals surface area contributed by atoms with Gasteiger partial charge in [-0.3, -0.25) is 9.59 Å². The van der Waals surface area contributed by atoms with E-state index in [1.54, 1.807) is 12.1 Å². The standard InChI is InChI=1S/C29H36ClF2N3O2.CH4/c30-24-8-6-21(7-9-24)20-27(36)33-25-12-17-35(18-13-25)19-14-26(22-4-2-1-3-5-22)34-28(37)23-10-15-29(31,32)16-11-23;/h1-9,23,25-26H,10-20H2,(H,33,36)(H,34,37);1H4/t26-;/m0./s1. The molecule has 0 spiro atoms. The molecule has 5 nitrogen and oxygen atoms in total. The maximum Gasteiger partial charge on any atom is 0.248 e. The quantitative estimate of drug-likeness (QED) is 0.394. The van der Waals surface area contributed by atoms with Crippen LogP contribution in [0.25, 0.3) is 0 Å². The minimum Gasteiger partial charge on any atom is -0.353 e. The molecule has 2 aromatic carbocycles. The topological polar surface area (TPSA) is 61.4 Å². The van der Waals surface area contributed by atoms with Gasteiger partial charge in [0.2, 0.25) is 17.7 Å². The summed E-state index contributed by atoms with van der Waals surface area (Å²) in [6.07, 6.45) is 2.88. The van der Waals surface area contributed by atoms with E-state index in [1.807, 2.05) is 42.5 Å². The van der Waals surface area contributed by atoms with Crippen LogP contribution >= 0.6 is 11.6 Å². The molecule has 1 saturated heterocycles. The highest BCUT2D eigenvalue weighted by Crippen LogP contribution is 2.36. The van der Waals surface area contributed by atoms with Crippen LogP contribution in [0.15, 0.2) is 54.6 Å². The molecule has 0 unspecified atom stereocenters. The predicted molar refractivity (Wildman–Crippen MR) is 148 cm³/mol. The number of carbonyl (C=O) groups excluding carboxylic acids is 2. The van der Waals surface area contributed by atoms with Crippen molar-refractivity contribution in [2.75, 3.05) is 19.6 Å². The molecule has 208 valence electrons. The van der Waals surface area contributed by atoms with Crippen LogP contribution in [-0.4, -0.2) is 48.3 Å². The molecular weight excluding hydrogens is 508 g/mol. The first-order valence-electron chi connectivity index (χ1n) is 13.3. The van der Waals surface area contributed by atoms with Gasteiger partial charge in [-0.2, -0.15) is 0 Å². The summed E-state index contributed by atoms with van der Waals surface area (Å²) < 4.78 is 27.1. The molecule has 0 radical (unpaired) electrons. The maximum absolute atomic E-state index is 13.5. The van der Waals surface area contributed by atoms with Crippen LogP contribution in [0.3, 0.4) is 0 Å². The zero-order chi connectivity index (χ0) is 26.3. The van der Waals surface area contributed by atoms with Crippen molar-refractivity contribution in [2.24, 2.45) is 5.92 Å². The number of rotatable bonds is 9. The van der Waals surface area contributed by atoms with Gasteiger partial charge in [0.05, 0.1) is 12.5 Å². The molecule has 2 aliphatic rings. The second-order valence-electron chi connectivity index (χ2n) is 10.4. The van der Waals surface area contributed by atoms with Crippen molar-refractivity contribution in [3.8, 4) is 0 Å². The van der Waals surface area contributed by atoms with Gasteiger partial charge < -0.3 is 15.5 Å². The third-order valence-corrected chi connectivity index (χ3v) is 7.82. The van der Waals surface area contributed by atoms with Crippen LogP contribution in [-0.2, 0) is 16.0 Å². The molecule has 2 fully saturated rings. The number of halogens is 3. The Hall–Kier alpha value is -2.51. The lowest BCUT2D eigenvalue weighted by Gasteiger charge is -2.34. The van der Waals surface area contributed by atoms with E-state index in [4.69, 9.17) is 11.6 Å². The van der Waals surface area contributed by atoms with Crippen molar-refractivity contribution in [3.63, 3.8) is 0 Å². The van der Waals surface area contributed by atoms with Gasteiger partial charge in [-0.15, -0.1) is 0 Å². The predicted octanol–water partition coefficient (Wildman–Crippen LogP) is 6.17. The molecule has 1 atom stereocenters. The third kappa shape index (κ3) is 9.05. The van der Waals surface area contributed by atoms with E-state index >= 15 is 0 Å². The highest BCUT2D eigenvalue weighted by molar-refractivity contribution is 6.30. The highest BCUT2D eigenvalue weighted by Gasteiger charge is 2.37. The number of nitrogens with one attached hydrogen (secondary N) is 2. The summed E-state index contributed by atoms with van der Waals surface area (Å²) in [6, 6.07) is 17.2. The van der Waals surface area contributed by atoms with E-state index in [9.17, 15) is 18.4 Å². The second-order valence-corrected chi connectivity index (χ2v) is 10.8. The first-order valence-corrected chi connectivity index (χ1v) is 13.6. The Labute approximate surface area is 230 Å². The van der Waals surface area contributed by atoms with E-state index in [-0.39, 0.29) is 62.9 Å². The third-order valence-electron chi connectivity index (χ3n) is 7.57. The highest BCUT2D eigenvalue weighted by atomic mass is 35.5. The summed E-state index contributed by atoms with van der Waals surface area (Å²) in [5.74, 6) is -3.09. The Kier molecular flexibility index (Phi) is 11.1. The van der Waals surface area contributed by atoms with Crippen molar-refractivity contribution >= 4 is 23.4 Å². The largest absolute Gasteiger partial charge is 0.353 e. The van der Waals surface area contributed by atoms with Crippen LogP contribution in [0.1, 0.15) is 69.5 Å². The van der Waals surface area contributed by atoms with Gasteiger partial charge in [0.1, 0.15) is 0 Å². The molecule has 4 rings (SSSR count). The molecule has 1 saturated carbocycles. The Morgan fingerprint density at radius 1 is 0.974 bits per heavy atom. The molecule has 0 aromatic heterocycles. The van der Waals surface area contributed by atoms with Gasteiger partial charge in [-0.25, -0.2) is 8.78 Å². The lowest BCUT2D eigenvalue weighted by Crippen LogP contribution is -2.46. The summed E-state index contributed by atoms with van der Waals surface area (Å²) in [6.45, 7) is 2.56. The molecule has 2 N–H and O–H groups in total. The summed E-state index contributed by atoms with van der Waals surface area (Å²) >= 11 is 5.92.